The third kappa shape index (κ3) is 4.07. The number of aliphatic hydroxyl groups excluding tert-OH is 1. The quantitative estimate of drug-likeness (QED) is 0.869. The number of alkyl halides is 2. The molecule has 1 aromatic carbocycles. The van der Waals surface area contributed by atoms with Crippen LogP contribution in [-0.2, 0) is 6.42 Å². The van der Waals surface area contributed by atoms with Gasteiger partial charge in [-0.15, -0.1) is 0 Å². The number of urea groups is 1. The number of amides is 2. The number of halogens is 2. The fourth-order valence-electron chi connectivity index (χ4n) is 2.54. The van der Waals surface area contributed by atoms with Crippen LogP contribution in [0.4, 0.5) is 13.6 Å². The summed E-state index contributed by atoms with van der Waals surface area (Å²) in [6.45, 7) is -0.783. The van der Waals surface area contributed by atoms with Gasteiger partial charge in [-0.1, -0.05) is 12.1 Å². The first-order valence-electron chi connectivity index (χ1n) is 7.11. The van der Waals surface area contributed by atoms with Crippen LogP contribution in [0.15, 0.2) is 24.3 Å². The molecular formula is C15H20F2N2O3. The van der Waals surface area contributed by atoms with Gasteiger partial charge in [0, 0.05) is 13.0 Å². The van der Waals surface area contributed by atoms with Gasteiger partial charge in [0.05, 0.1) is 26.3 Å². The fourth-order valence-corrected chi connectivity index (χ4v) is 2.54. The van der Waals surface area contributed by atoms with Crippen molar-refractivity contribution in [3.63, 3.8) is 0 Å². The van der Waals surface area contributed by atoms with Crippen molar-refractivity contribution in [1.82, 2.24) is 10.2 Å². The second-order valence-corrected chi connectivity index (χ2v) is 5.36. The molecule has 22 heavy (non-hydrogen) atoms. The van der Waals surface area contributed by atoms with Gasteiger partial charge in [-0.2, -0.15) is 0 Å². The molecule has 1 unspecified atom stereocenters. The minimum absolute atomic E-state index is 0.326. The van der Waals surface area contributed by atoms with E-state index >= 15 is 0 Å². The van der Waals surface area contributed by atoms with Crippen molar-refractivity contribution in [2.24, 2.45) is 0 Å². The molecule has 7 heteroatoms. The maximum Gasteiger partial charge on any atom is 0.317 e. The van der Waals surface area contributed by atoms with Crippen molar-refractivity contribution < 1.29 is 23.4 Å². The second-order valence-electron chi connectivity index (χ2n) is 5.36. The van der Waals surface area contributed by atoms with Crippen molar-refractivity contribution in [1.29, 1.82) is 0 Å². The number of nitrogens with zero attached hydrogens (tertiary/aromatic N) is 1. The topological polar surface area (TPSA) is 61.8 Å². The summed E-state index contributed by atoms with van der Waals surface area (Å²) in [4.78, 5) is 13.0. The molecule has 0 saturated carbocycles. The Balaban J connectivity index is 1.85. The molecule has 5 nitrogen and oxygen atoms in total. The predicted octanol–water partition coefficient (Wildman–Crippen LogP) is 1.65. The fraction of sp³-hybridized carbons (Fsp3) is 0.533. The lowest BCUT2D eigenvalue weighted by molar-refractivity contribution is 0.0141. The molecule has 0 spiro atoms. The standard InChI is InChI=1S/C15H20F2N2O3/c1-22-13-4-2-3-11(7-13)5-6-18-14(21)19-10-15(16,17)8-12(19)9-20/h2-4,7,12,20H,5-6,8-10H2,1H3,(H,18,21). The Labute approximate surface area is 127 Å². The average molecular weight is 314 g/mol. The van der Waals surface area contributed by atoms with E-state index < -0.39 is 37.6 Å². The number of carbonyl (C=O) groups is 1. The Bertz CT molecular complexity index is 525. The monoisotopic (exact) mass is 314 g/mol. The number of likely N-dealkylation sites (tertiary alicyclic amines) is 1. The summed E-state index contributed by atoms with van der Waals surface area (Å²) in [6.07, 6.45) is 0.0732. The first-order chi connectivity index (χ1) is 10.4. The Morgan fingerprint density at radius 1 is 1.55 bits per heavy atom. The van der Waals surface area contributed by atoms with Crippen LogP contribution >= 0.6 is 0 Å². The molecule has 1 aliphatic heterocycles. The maximum absolute atomic E-state index is 13.3. The number of methoxy groups -OCH3 is 1. The molecule has 2 rings (SSSR count). The van der Waals surface area contributed by atoms with E-state index in [4.69, 9.17) is 9.84 Å². The average Bonchev–Trinajstić information content (AvgIpc) is 2.82. The molecule has 2 amide bonds. The summed E-state index contributed by atoms with van der Waals surface area (Å²) < 4.78 is 31.7. The van der Waals surface area contributed by atoms with Gasteiger partial charge < -0.3 is 20.1 Å². The van der Waals surface area contributed by atoms with Crippen molar-refractivity contribution in [2.45, 2.75) is 24.8 Å². The molecule has 1 fully saturated rings. The molecule has 1 heterocycles. The number of benzene rings is 1. The predicted molar refractivity (Wildman–Crippen MR) is 77.2 cm³/mol. The second kappa shape index (κ2) is 6.91. The van der Waals surface area contributed by atoms with Crippen molar-refractivity contribution >= 4 is 6.03 Å². The van der Waals surface area contributed by atoms with Crippen LogP contribution in [0.2, 0.25) is 0 Å². The van der Waals surface area contributed by atoms with Crippen molar-refractivity contribution in [3.05, 3.63) is 29.8 Å². The van der Waals surface area contributed by atoms with Crippen LogP contribution in [0.25, 0.3) is 0 Å². The van der Waals surface area contributed by atoms with Crippen LogP contribution in [-0.4, -0.2) is 54.8 Å². The summed E-state index contributed by atoms with van der Waals surface area (Å²) in [7, 11) is 1.57. The van der Waals surface area contributed by atoms with Crippen LogP contribution < -0.4 is 10.1 Å². The van der Waals surface area contributed by atoms with E-state index in [2.05, 4.69) is 5.32 Å². The van der Waals surface area contributed by atoms with E-state index in [1.54, 1.807) is 7.11 Å². The van der Waals surface area contributed by atoms with Crippen LogP contribution in [0.1, 0.15) is 12.0 Å². The number of nitrogens with one attached hydrogen (secondary N) is 1. The summed E-state index contributed by atoms with van der Waals surface area (Å²) in [5.74, 6) is -2.21. The molecular weight excluding hydrogens is 294 g/mol. The zero-order valence-corrected chi connectivity index (χ0v) is 12.4. The van der Waals surface area contributed by atoms with E-state index in [1.165, 1.54) is 0 Å². The van der Waals surface area contributed by atoms with Gasteiger partial charge in [0.15, 0.2) is 0 Å². The highest BCUT2D eigenvalue weighted by atomic mass is 19.3. The summed E-state index contributed by atoms with van der Waals surface area (Å²) in [5.41, 5.74) is 0.977. The van der Waals surface area contributed by atoms with Gasteiger partial charge in [-0.3, -0.25) is 0 Å². The molecule has 1 atom stereocenters. The zero-order chi connectivity index (χ0) is 16.2. The van der Waals surface area contributed by atoms with E-state index in [9.17, 15) is 13.6 Å². The number of hydrogen-bond donors (Lipinski definition) is 2. The highest BCUT2D eigenvalue weighted by Crippen LogP contribution is 2.31. The van der Waals surface area contributed by atoms with E-state index in [-0.39, 0.29) is 0 Å². The summed E-state index contributed by atoms with van der Waals surface area (Å²) >= 11 is 0. The van der Waals surface area contributed by atoms with Gasteiger partial charge in [-0.25, -0.2) is 13.6 Å². The highest BCUT2D eigenvalue weighted by molar-refractivity contribution is 5.75. The smallest absolute Gasteiger partial charge is 0.317 e. The Morgan fingerprint density at radius 3 is 3.00 bits per heavy atom. The number of carbonyl (C=O) groups excluding carboxylic acids is 1. The van der Waals surface area contributed by atoms with Crippen LogP contribution in [0.5, 0.6) is 5.75 Å². The number of aliphatic hydroxyl groups is 1. The Hall–Kier alpha value is -1.89. The minimum atomic E-state index is -2.93. The van der Waals surface area contributed by atoms with Gasteiger partial charge in [0.25, 0.3) is 5.92 Å². The lowest BCUT2D eigenvalue weighted by Crippen LogP contribution is -2.45. The molecule has 1 aromatic rings. The Kier molecular flexibility index (Phi) is 5.18. The van der Waals surface area contributed by atoms with E-state index in [1.807, 2.05) is 24.3 Å². The van der Waals surface area contributed by atoms with E-state index in [0.29, 0.717) is 13.0 Å². The maximum atomic E-state index is 13.3. The lowest BCUT2D eigenvalue weighted by atomic mass is 10.1. The minimum Gasteiger partial charge on any atom is -0.497 e. The zero-order valence-electron chi connectivity index (χ0n) is 12.4. The van der Waals surface area contributed by atoms with Crippen molar-refractivity contribution in [2.75, 3.05) is 26.8 Å². The third-order valence-electron chi connectivity index (χ3n) is 3.67. The summed E-state index contributed by atoms with van der Waals surface area (Å²) in [5, 5.41) is 11.7. The first kappa shape index (κ1) is 16.5. The van der Waals surface area contributed by atoms with Crippen LogP contribution in [0, 0.1) is 0 Å². The third-order valence-corrected chi connectivity index (χ3v) is 3.67. The molecule has 122 valence electrons. The lowest BCUT2D eigenvalue weighted by Gasteiger charge is -2.22. The molecule has 0 bridgehead atoms. The molecule has 0 radical (unpaired) electrons. The highest BCUT2D eigenvalue weighted by Gasteiger charge is 2.46. The van der Waals surface area contributed by atoms with E-state index in [0.717, 1.165) is 16.2 Å². The molecule has 2 N–H and O–H groups in total. The number of rotatable bonds is 5. The van der Waals surface area contributed by atoms with Gasteiger partial charge in [0.1, 0.15) is 5.75 Å². The van der Waals surface area contributed by atoms with Crippen molar-refractivity contribution in [3.8, 4) is 5.75 Å². The van der Waals surface area contributed by atoms with Gasteiger partial charge in [-0.05, 0) is 24.1 Å². The largest absolute Gasteiger partial charge is 0.497 e. The molecule has 1 saturated heterocycles. The number of ether oxygens (including phenoxy) is 1. The molecule has 0 aromatic heterocycles. The first-order valence-corrected chi connectivity index (χ1v) is 7.11. The van der Waals surface area contributed by atoms with Crippen LogP contribution in [0.3, 0.4) is 0 Å². The number of hydrogen-bond acceptors (Lipinski definition) is 3. The molecule has 1 aliphatic rings. The molecule has 0 aliphatic carbocycles. The Morgan fingerprint density at radius 2 is 2.32 bits per heavy atom. The van der Waals surface area contributed by atoms with Gasteiger partial charge >= 0.3 is 6.03 Å². The SMILES string of the molecule is COc1cccc(CCNC(=O)N2CC(F)(F)CC2CO)c1. The summed E-state index contributed by atoms with van der Waals surface area (Å²) in [6, 6.07) is 6.02. The van der Waals surface area contributed by atoms with Gasteiger partial charge in [0.2, 0.25) is 0 Å². The normalized spacial score (nSPS) is 20.0.